The van der Waals surface area contributed by atoms with E-state index in [1.807, 2.05) is 0 Å². The maximum Gasteiger partial charge on any atom is 0.341 e. The van der Waals surface area contributed by atoms with Gasteiger partial charge in [0, 0.05) is 22.7 Å². The molecule has 0 aromatic heterocycles. The SMILES string of the molecule is C[Si]CC(OCCCCCCCC[Si](Cl)(Cl)Cl)OCCCCCCCC[Si](Cl)(Cl)Cl. The quantitative estimate of drug-likeness (QED) is 0.0537. The van der Waals surface area contributed by atoms with Crippen LogP contribution < -0.4 is 0 Å². The van der Waals surface area contributed by atoms with Crippen LogP contribution in [-0.4, -0.2) is 41.0 Å². The highest BCUT2D eigenvalue weighted by Crippen LogP contribution is 2.28. The van der Waals surface area contributed by atoms with E-state index < -0.39 is 12.0 Å². The molecule has 0 spiro atoms. The van der Waals surface area contributed by atoms with E-state index in [2.05, 4.69) is 6.55 Å². The van der Waals surface area contributed by atoms with Crippen molar-refractivity contribution in [1.29, 1.82) is 0 Å². The maximum absolute atomic E-state index is 5.95. The van der Waals surface area contributed by atoms with E-state index in [-0.39, 0.29) is 6.29 Å². The van der Waals surface area contributed by atoms with Gasteiger partial charge in [-0.1, -0.05) is 70.8 Å². The van der Waals surface area contributed by atoms with Gasteiger partial charge in [-0.3, -0.25) is 0 Å². The summed E-state index contributed by atoms with van der Waals surface area (Å²) < 4.78 is 11.9. The molecule has 180 valence electrons. The molecule has 0 amide bonds. The summed E-state index contributed by atoms with van der Waals surface area (Å²) in [6.45, 7) is 3.76. The van der Waals surface area contributed by atoms with Gasteiger partial charge in [0.05, 0.1) is 0 Å². The van der Waals surface area contributed by atoms with Gasteiger partial charge in [-0.05, 0) is 31.0 Å². The van der Waals surface area contributed by atoms with Crippen molar-refractivity contribution in [3.05, 3.63) is 0 Å². The zero-order chi connectivity index (χ0) is 22.7. The number of hydrogen-bond acceptors (Lipinski definition) is 2. The highest BCUT2D eigenvalue weighted by atomic mass is 35.8. The molecule has 0 unspecified atom stereocenters. The van der Waals surface area contributed by atoms with Gasteiger partial charge in [-0.15, -0.1) is 66.5 Å². The van der Waals surface area contributed by atoms with E-state index in [4.69, 9.17) is 75.9 Å². The molecule has 11 heteroatoms. The van der Waals surface area contributed by atoms with E-state index in [1.54, 1.807) is 0 Å². The van der Waals surface area contributed by atoms with Crippen molar-refractivity contribution in [3.63, 3.8) is 0 Å². The lowest BCUT2D eigenvalue weighted by Crippen LogP contribution is -2.19. The molecule has 0 aliphatic carbocycles. The summed E-state index contributed by atoms with van der Waals surface area (Å²) in [4.78, 5) is 0. The van der Waals surface area contributed by atoms with Crippen LogP contribution in [0.5, 0.6) is 0 Å². The van der Waals surface area contributed by atoms with Crippen LogP contribution in [0.3, 0.4) is 0 Å². The maximum atomic E-state index is 5.95. The summed E-state index contributed by atoms with van der Waals surface area (Å²) in [5.74, 6) is 0. The molecule has 0 aliphatic rings. The second-order valence-electron chi connectivity index (χ2n) is 7.70. The van der Waals surface area contributed by atoms with Gasteiger partial charge in [0.25, 0.3) is 0 Å². The van der Waals surface area contributed by atoms with Crippen molar-refractivity contribution >= 4 is 88.0 Å². The Morgan fingerprint density at radius 3 is 1.23 bits per heavy atom. The van der Waals surface area contributed by atoms with Crippen LogP contribution in [0.25, 0.3) is 0 Å². The molecule has 0 bridgehead atoms. The van der Waals surface area contributed by atoms with Crippen LogP contribution >= 0.6 is 66.5 Å². The summed E-state index contributed by atoms with van der Waals surface area (Å²) in [6.07, 6.45) is 13.7. The number of unbranched alkanes of at least 4 members (excludes halogenated alkanes) is 10. The topological polar surface area (TPSA) is 18.5 Å². The second-order valence-corrected chi connectivity index (χ2v) is 27.4. The molecule has 0 aliphatic heterocycles. The third-order valence-corrected chi connectivity index (χ3v) is 10.7. The third-order valence-electron chi connectivity index (χ3n) is 4.69. The minimum atomic E-state index is -2.42. The molecule has 30 heavy (non-hydrogen) atoms. The zero-order valence-corrected chi connectivity index (χ0v) is 25.7. The summed E-state index contributed by atoms with van der Waals surface area (Å²) in [7, 11) is 0.844. The first-order chi connectivity index (χ1) is 14.1. The van der Waals surface area contributed by atoms with Gasteiger partial charge in [-0.2, -0.15) is 0 Å². The van der Waals surface area contributed by atoms with Crippen molar-refractivity contribution in [3.8, 4) is 0 Å². The lowest BCUT2D eigenvalue weighted by Gasteiger charge is -2.18. The minimum absolute atomic E-state index is 0.0446. The Bertz CT molecular complexity index is 352. The Morgan fingerprint density at radius 1 is 0.567 bits per heavy atom. The van der Waals surface area contributed by atoms with Crippen LogP contribution in [0.2, 0.25) is 24.7 Å². The first kappa shape index (κ1) is 32.3. The predicted molar refractivity (Wildman–Crippen MR) is 144 cm³/mol. The molecule has 0 heterocycles. The molecular formula is C19H38Cl6O2Si3. The van der Waals surface area contributed by atoms with Crippen molar-refractivity contribution in [1.82, 2.24) is 0 Å². The van der Waals surface area contributed by atoms with Crippen LogP contribution in [0, 0.1) is 0 Å². The molecule has 2 nitrogen and oxygen atoms in total. The minimum Gasteiger partial charge on any atom is -0.353 e. The molecule has 0 aromatic rings. The fraction of sp³-hybridized carbons (Fsp3) is 1.00. The van der Waals surface area contributed by atoms with Crippen LogP contribution in [0.1, 0.15) is 77.0 Å². The molecule has 0 N–H and O–H groups in total. The van der Waals surface area contributed by atoms with Gasteiger partial charge in [-0.25, -0.2) is 0 Å². The normalized spacial score (nSPS) is 12.8. The van der Waals surface area contributed by atoms with Gasteiger partial charge < -0.3 is 9.47 Å². The highest BCUT2D eigenvalue weighted by Gasteiger charge is 2.24. The molecule has 0 saturated heterocycles. The van der Waals surface area contributed by atoms with Crippen LogP contribution in [0.15, 0.2) is 0 Å². The average molecular weight is 595 g/mol. The van der Waals surface area contributed by atoms with E-state index in [9.17, 15) is 0 Å². The van der Waals surface area contributed by atoms with Crippen molar-refractivity contribution in [2.75, 3.05) is 13.2 Å². The Kier molecular flexibility index (Phi) is 22.3. The first-order valence-electron chi connectivity index (χ1n) is 11.2. The summed E-state index contributed by atoms with van der Waals surface area (Å²) in [5.41, 5.74) is 0. The van der Waals surface area contributed by atoms with E-state index in [0.717, 1.165) is 79.4 Å². The molecule has 0 aromatic carbocycles. The number of hydrogen-bond donors (Lipinski definition) is 0. The van der Waals surface area contributed by atoms with Gasteiger partial charge >= 0.3 is 12.0 Å². The summed E-state index contributed by atoms with van der Waals surface area (Å²) in [5, 5.41) is 0. The number of rotatable bonds is 22. The lowest BCUT2D eigenvalue weighted by atomic mass is 10.1. The smallest absolute Gasteiger partial charge is 0.341 e. The summed E-state index contributed by atoms with van der Waals surface area (Å²) in [6, 6.07) is -2.30. The van der Waals surface area contributed by atoms with E-state index in [0.29, 0.717) is 0 Å². The largest absolute Gasteiger partial charge is 0.353 e. The molecule has 0 atom stereocenters. The number of halogens is 6. The van der Waals surface area contributed by atoms with Gasteiger partial charge in [0.1, 0.15) is 0 Å². The van der Waals surface area contributed by atoms with Crippen LogP contribution in [0.4, 0.5) is 0 Å². The third kappa shape index (κ3) is 26.6. The second kappa shape index (κ2) is 20.7. The predicted octanol–water partition coefficient (Wildman–Crippen LogP) is 9.51. The van der Waals surface area contributed by atoms with Crippen LogP contribution in [-0.2, 0) is 9.47 Å². The zero-order valence-electron chi connectivity index (χ0n) is 18.2. The molecule has 0 saturated carbocycles. The van der Waals surface area contributed by atoms with E-state index in [1.165, 1.54) is 38.5 Å². The molecule has 2 radical (unpaired) electrons. The highest BCUT2D eigenvalue weighted by molar-refractivity contribution is 7.65. The molecule has 0 fully saturated rings. The lowest BCUT2D eigenvalue weighted by molar-refractivity contribution is -0.131. The summed E-state index contributed by atoms with van der Waals surface area (Å²) >= 11 is 35.4. The number of ether oxygens (including phenoxy) is 2. The fourth-order valence-corrected chi connectivity index (χ4v) is 7.31. The van der Waals surface area contributed by atoms with E-state index >= 15 is 0 Å². The average Bonchev–Trinajstić information content (AvgIpc) is 2.63. The Balaban J connectivity index is 3.52. The Morgan fingerprint density at radius 2 is 0.900 bits per heavy atom. The van der Waals surface area contributed by atoms with Crippen molar-refractivity contribution < 1.29 is 9.47 Å². The van der Waals surface area contributed by atoms with Gasteiger partial charge in [0.2, 0.25) is 0 Å². The standard InChI is InChI=1S/C19H38Cl6O2Si3/c1-28-18-19(26-14-10-6-2-4-8-12-16-29(20,21)22)27-15-11-7-3-5-9-13-17-30(23,24)25/h19H,2-18H2,1H3. The monoisotopic (exact) mass is 592 g/mol. The fourth-order valence-electron chi connectivity index (χ4n) is 3.03. The van der Waals surface area contributed by atoms with Crippen molar-refractivity contribution in [2.45, 2.75) is 108 Å². The molecule has 0 rings (SSSR count). The van der Waals surface area contributed by atoms with Crippen molar-refractivity contribution in [2.24, 2.45) is 0 Å². The Labute approximate surface area is 217 Å². The molecular weight excluding hydrogens is 557 g/mol. The van der Waals surface area contributed by atoms with Gasteiger partial charge in [0.15, 0.2) is 6.29 Å². The first-order valence-corrected chi connectivity index (χ1v) is 23.3. The Hall–Kier alpha value is 2.31.